The molecule has 10 nitrogen and oxygen atoms in total. The van der Waals surface area contributed by atoms with E-state index in [0.29, 0.717) is 13.0 Å². The van der Waals surface area contributed by atoms with E-state index >= 15 is 0 Å². The van der Waals surface area contributed by atoms with E-state index in [1.807, 2.05) is 0 Å². The van der Waals surface area contributed by atoms with Crippen LogP contribution in [0.1, 0.15) is 155 Å². The minimum Gasteiger partial charge on any atom is -0.480 e. The first-order chi connectivity index (χ1) is 22.7. The molecule has 0 aliphatic carbocycles. The normalized spacial score (nSPS) is 14.5. The fraction of sp³-hybridized carbons (Fsp3) is 0.833. The maximum atomic E-state index is 12.5. The molecule has 0 radical (unpaired) electrons. The second-order valence-corrected chi connectivity index (χ2v) is 13.8. The summed E-state index contributed by atoms with van der Waals surface area (Å²) in [5.41, 5.74) is 5.32. The van der Waals surface area contributed by atoms with Crippen LogP contribution in [0.5, 0.6) is 0 Å². The van der Waals surface area contributed by atoms with E-state index in [2.05, 4.69) is 42.7 Å². The van der Waals surface area contributed by atoms with Crippen LogP contribution in [0.25, 0.3) is 0 Å². The molecule has 0 amide bonds. The minimum atomic E-state index is -4.60. The number of nitrogens with two attached hydrogens (primary N) is 1. The largest absolute Gasteiger partial charge is 0.480 e. The van der Waals surface area contributed by atoms with Crippen molar-refractivity contribution in [3.05, 3.63) is 24.3 Å². The summed E-state index contributed by atoms with van der Waals surface area (Å²) < 4.78 is 33.1. The van der Waals surface area contributed by atoms with Crippen LogP contribution < -0.4 is 5.73 Å². The van der Waals surface area contributed by atoms with Crippen molar-refractivity contribution in [2.75, 3.05) is 26.4 Å². The number of esters is 1. The average Bonchev–Trinajstić information content (AvgIpc) is 3.04. The second kappa shape index (κ2) is 33.0. The Morgan fingerprint density at radius 2 is 1.17 bits per heavy atom. The second-order valence-electron chi connectivity index (χ2n) is 12.4. The Morgan fingerprint density at radius 3 is 1.77 bits per heavy atom. The van der Waals surface area contributed by atoms with Gasteiger partial charge in [-0.05, 0) is 44.9 Å². The van der Waals surface area contributed by atoms with Gasteiger partial charge in [0, 0.05) is 13.0 Å². The molecule has 3 atom stereocenters. The molecule has 0 saturated carbocycles. The summed E-state index contributed by atoms with van der Waals surface area (Å²) in [5, 5.41) is 8.84. The summed E-state index contributed by atoms with van der Waals surface area (Å²) in [7, 11) is -4.60. The number of unbranched alkanes of at least 4 members (excludes halogenated alkanes) is 17. The molecule has 0 aromatic heterocycles. The van der Waals surface area contributed by atoms with Crippen molar-refractivity contribution in [1.29, 1.82) is 0 Å². The molecule has 276 valence electrons. The Morgan fingerprint density at radius 1 is 0.681 bits per heavy atom. The number of hydrogen-bond acceptors (Lipinski definition) is 8. The molecule has 4 N–H and O–H groups in total. The molecule has 0 aliphatic rings. The van der Waals surface area contributed by atoms with E-state index in [4.69, 9.17) is 24.8 Å². The first-order valence-corrected chi connectivity index (χ1v) is 19.9. The van der Waals surface area contributed by atoms with E-state index in [0.717, 1.165) is 51.4 Å². The van der Waals surface area contributed by atoms with E-state index in [-0.39, 0.29) is 13.0 Å². The first kappa shape index (κ1) is 45.5. The molecular formula is C36H68NO9P. The molecule has 0 aliphatic heterocycles. The number of carboxylic acids is 1. The van der Waals surface area contributed by atoms with E-state index in [1.54, 1.807) is 0 Å². The van der Waals surface area contributed by atoms with Gasteiger partial charge in [0.25, 0.3) is 0 Å². The zero-order valence-corrected chi connectivity index (χ0v) is 30.5. The number of rotatable bonds is 35. The Kier molecular flexibility index (Phi) is 31.9. The minimum absolute atomic E-state index is 0.0157. The zero-order chi connectivity index (χ0) is 34.9. The highest BCUT2D eigenvalue weighted by Gasteiger charge is 2.27. The summed E-state index contributed by atoms with van der Waals surface area (Å²) in [4.78, 5) is 33.3. The van der Waals surface area contributed by atoms with Crippen LogP contribution in [-0.2, 0) is 32.7 Å². The fourth-order valence-electron chi connectivity index (χ4n) is 4.81. The number of allylic oxidation sites excluding steroid dienone is 4. The molecular weight excluding hydrogens is 621 g/mol. The lowest BCUT2D eigenvalue weighted by Gasteiger charge is -2.20. The summed E-state index contributed by atoms with van der Waals surface area (Å²) in [6, 6.07) is -1.47. The van der Waals surface area contributed by atoms with Gasteiger partial charge < -0.3 is 25.2 Å². The summed E-state index contributed by atoms with van der Waals surface area (Å²) in [6.45, 7) is 3.80. The standard InChI is InChI=1S/C36H68NO9P/c1-3-5-7-9-11-13-14-15-16-17-18-19-20-21-22-24-26-28-35(38)46-33(30-43-29-27-25-23-12-10-8-6-4-2)31-44-47(41,42)45-32-34(37)36(39)40/h11,13,15-16,33-34H,3-10,12,14,17-32,37H2,1-2H3,(H,39,40)(H,41,42)/b13-11-,16-15-. The van der Waals surface area contributed by atoms with Crippen LogP contribution in [0, 0.1) is 0 Å². The lowest BCUT2D eigenvalue weighted by atomic mass is 10.1. The van der Waals surface area contributed by atoms with Gasteiger partial charge in [0.1, 0.15) is 12.1 Å². The van der Waals surface area contributed by atoms with Crippen molar-refractivity contribution in [2.45, 2.75) is 167 Å². The van der Waals surface area contributed by atoms with Gasteiger partial charge in [-0.3, -0.25) is 18.6 Å². The third-order valence-corrected chi connectivity index (χ3v) is 8.68. The van der Waals surface area contributed by atoms with Crippen LogP contribution in [0.3, 0.4) is 0 Å². The number of phosphoric acid groups is 1. The zero-order valence-electron chi connectivity index (χ0n) is 29.6. The van der Waals surface area contributed by atoms with Gasteiger partial charge in [0.15, 0.2) is 0 Å². The van der Waals surface area contributed by atoms with Gasteiger partial charge in [-0.25, -0.2) is 4.57 Å². The van der Waals surface area contributed by atoms with Gasteiger partial charge >= 0.3 is 19.8 Å². The van der Waals surface area contributed by atoms with Crippen molar-refractivity contribution in [3.63, 3.8) is 0 Å². The Balaban J connectivity index is 4.26. The molecule has 0 spiro atoms. The average molecular weight is 690 g/mol. The molecule has 0 rings (SSSR count). The van der Waals surface area contributed by atoms with Crippen LogP contribution in [0.4, 0.5) is 0 Å². The predicted molar refractivity (Wildman–Crippen MR) is 189 cm³/mol. The highest BCUT2D eigenvalue weighted by Crippen LogP contribution is 2.43. The Bertz CT molecular complexity index is 852. The fourth-order valence-corrected chi connectivity index (χ4v) is 5.59. The maximum Gasteiger partial charge on any atom is 0.472 e. The van der Waals surface area contributed by atoms with E-state index in [9.17, 15) is 19.0 Å². The molecule has 0 aromatic rings. The van der Waals surface area contributed by atoms with Crippen molar-refractivity contribution in [1.82, 2.24) is 0 Å². The lowest BCUT2D eigenvalue weighted by Crippen LogP contribution is -2.34. The molecule has 0 bridgehead atoms. The van der Waals surface area contributed by atoms with Crippen LogP contribution >= 0.6 is 7.82 Å². The highest BCUT2D eigenvalue weighted by atomic mass is 31.2. The van der Waals surface area contributed by atoms with Crippen molar-refractivity contribution >= 4 is 19.8 Å². The van der Waals surface area contributed by atoms with Gasteiger partial charge in [-0.2, -0.15) is 0 Å². The smallest absolute Gasteiger partial charge is 0.472 e. The first-order valence-electron chi connectivity index (χ1n) is 18.4. The monoisotopic (exact) mass is 689 g/mol. The van der Waals surface area contributed by atoms with Crippen LogP contribution in [0.15, 0.2) is 24.3 Å². The number of aliphatic carboxylic acids is 1. The van der Waals surface area contributed by atoms with Crippen LogP contribution in [0.2, 0.25) is 0 Å². The number of ether oxygens (including phenoxy) is 2. The Labute approximate surface area is 285 Å². The number of carbonyl (C=O) groups is 2. The van der Waals surface area contributed by atoms with Gasteiger partial charge in [-0.1, -0.05) is 128 Å². The molecule has 47 heavy (non-hydrogen) atoms. The third-order valence-electron chi connectivity index (χ3n) is 7.73. The highest BCUT2D eigenvalue weighted by molar-refractivity contribution is 7.47. The number of carboxylic acid groups (broad SMARTS) is 1. The van der Waals surface area contributed by atoms with E-state index < -0.39 is 45.1 Å². The maximum absolute atomic E-state index is 12.5. The van der Waals surface area contributed by atoms with Crippen molar-refractivity contribution in [2.24, 2.45) is 5.73 Å². The van der Waals surface area contributed by atoms with Crippen molar-refractivity contribution in [3.8, 4) is 0 Å². The predicted octanol–water partition coefficient (Wildman–Crippen LogP) is 9.19. The summed E-state index contributed by atoms with van der Waals surface area (Å²) in [5.74, 6) is -1.79. The molecule has 11 heteroatoms. The summed E-state index contributed by atoms with van der Waals surface area (Å²) >= 11 is 0. The van der Waals surface area contributed by atoms with Gasteiger partial charge in [-0.15, -0.1) is 0 Å². The topological polar surface area (TPSA) is 155 Å². The quantitative estimate of drug-likeness (QED) is 0.0254. The van der Waals surface area contributed by atoms with Crippen LogP contribution in [-0.4, -0.2) is 60.5 Å². The van der Waals surface area contributed by atoms with Gasteiger partial charge in [0.05, 0.1) is 19.8 Å². The SMILES string of the molecule is CCCCC/C=C\C/C=C\CCCCCCCCCC(=O)OC(COCCCCCCCCCC)COP(=O)(O)OCC(N)C(=O)O. The summed E-state index contributed by atoms with van der Waals surface area (Å²) in [6.07, 6.45) is 32.4. The van der Waals surface area contributed by atoms with Gasteiger partial charge in [0.2, 0.25) is 0 Å². The third kappa shape index (κ3) is 32.8. The van der Waals surface area contributed by atoms with E-state index in [1.165, 1.54) is 77.0 Å². The number of carbonyl (C=O) groups excluding carboxylic acids is 1. The number of hydrogen-bond donors (Lipinski definition) is 3. The molecule has 0 heterocycles. The lowest BCUT2D eigenvalue weighted by molar-refractivity contribution is -0.154. The molecule has 3 unspecified atom stereocenters. The molecule has 0 aromatic carbocycles. The Hall–Kier alpha value is -1.55. The van der Waals surface area contributed by atoms with Crippen molar-refractivity contribution < 1.29 is 42.7 Å². The number of phosphoric ester groups is 1. The molecule has 0 fully saturated rings. The molecule has 0 saturated heterocycles.